The first-order chi connectivity index (χ1) is 19.4. The van der Waals surface area contributed by atoms with Gasteiger partial charge in [0.1, 0.15) is 29.5 Å². The standard InChI is InChI=1S/C31H31F2N5O2/c32-22-8-2-6-18-5-1-7-20(24(18)22)26-25(33)27-21(16-34-26)28(35-23-15-31(39)13-19(23)14-31)37-29(36-27)40-17-30-9-3-11-38(30)12-4-10-30/h1-2,5-8,16,19,23,39H,3-4,9-15,17H2,(H,35,36,37)/t19?,23-,31?/m0/s1. The van der Waals surface area contributed by atoms with Crippen LogP contribution in [0.25, 0.3) is 32.9 Å². The van der Waals surface area contributed by atoms with Crippen LogP contribution in [-0.4, -0.2) is 61.8 Å². The van der Waals surface area contributed by atoms with Crippen LogP contribution in [0.1, 0.15) is 44.9 Å². The molecule has 1 atom stereocenters. The minimum absolute atomic E-state index is 0.00963. The predicted octanol–water partition coefficient (Wildman–Crippen LogP) is 5.46. The van der Waals surface area contributed by atoms with Crippen LogP contribution < -0.4 is 10.1 Å². The number of hydrogen-bond donors (Lipinski definition) is 2. The SMILES string of the molecule is OC12CC(C1)[C@@H](Nc1nc(OCC34CCCN3CCC4)nc3c(F)c(-c4cccc5cccc(F)c45)ncc13)C2. The summed E-state index contributed by atoms with van der Waals surface area (Å²) < 4.78 is 37.6. The summed E-state index contributed by atoms with van der Waals surface area (Å²) in [6.07, 6.45) is 8.14. The summed E-state index contributed by atoms with van der Waals surface area (Å²) in [4.78, 5) is 16.2. The van der Waals surface area contributed by atoms with Crippen molar-refractivity contribution in [1.29, 1.82) is 0 Å². The highest BCUT2D eigenvalue weighted by Crippen LogP contribution is 2.53. The molecule has 2 saturated heterocycles. The van der Waals surface area contributed by atoms with Crippen molar-refractivity contribution in [2.75, 3.05) is 25.0 Å². The minimum Gasteiger partial charge on any atom is -0.461 e. The van der Waals surface area contributed by atoms with Crippen molar-refractivity contribution < 1.29 is 18.6 Å². The van der Waals surface area contributed by atoms with Gasteiger partial charge in [-0.3, -0.25) is 9.88 Å². The minimum atomic E-state index is -0.639. The summed E-state index contributed by atoms with van der Waals surface area (Å²) in [5, 5.41) is 15.5. The number of aliphatic hydroxyl groups is 1. The van der Waals surface area contributed by atoms with Gasteiger partial charge in [0.25, 0.3) is 0 Å². The molecule has 4 aromatic rings. The third-order valence-electron chi connectivity index (χ3n) is 9.83. The number of halogens is 2. The Labute approximate surface area is 230 Å². The summed E-state index contributed by atoms with van der Waals surface area (Å²) in [5.41, 5.74) is -0.136. The maximum absolute atomic E-state index is 16.4. The van der Waals surface area contributed by atoms with Crippen molar-refractivity contribution in [3.05, 3.63) is 54.2 Å². The molecule has 2 bridgehead atoms. The fourth-order valence-corrected chi connectivity index (χ4v) is 7.84. The first kappa shape index (κ1) is 24.4. The number of nitrogens with one attached hydrogen (secondary N) is 1. The predicted molar refractivity (Wildman–Crippen MR) is 148 cm³/mol. The fourth-order valence-electron chi connectivity index (χ4n) is 7.84. The molecule has 9 rings (SSSR count). The van der Waals surface area contributed by atoms with Crippen LogP contribution in [0.4, 0.5) is 14.6 Å². The van der Waals surface area contributed by atoms with Gasteiger partial charge in [-0.25, -0.2) is 8.78 Å². The molecule has 2 aromatic heterocycles. The Bertz CT molecular complexity index is 1640. The van der Waals surface area contributed by atoms with E-state index in [9.17, 15) is 9.50 Å². The molecule has 4 heterocycles. The number of anilines is 1. The highest BCUT2D eigenvalue weighted by Gasteiger charge is 2.55. The Kier molecular flexibility index (Phi) is 5.35. The Balaban J connectivity index is 1.23. The first-order valence-corrected chi connectivity index (χ1v) is 14.3. The van der Waals surface area contributed by atoms with E-state index in [-0.39, 0.29) is 28.8 Å². The quantitative estimate of drug-likeness (QED) is 0.334. The van der Waals surface area contributed by atoms with E-state index in [1.807, 2.05) is 0 Å². The van der Waals surface area contributed by atoms with Crippen LogP contribution >= 0.6 is 0 Å². The average Bonchev–Trinajstić information content (AvgIpc) is 3.66. The molecule has 5 aliphatic rings. The van der Waals surface area contributed by atoms with E-state index in [2.05, 4.69) is 20.2 Å². The second-order valence-corrected chi connectivity index (χ2v) is 12.2. The van der Waals surface area contributed by atoms with Crippen LogP contribution in [0.2, 0.25) is 0 Å². The molecule has 2 aliphatic heterocycles. The second-order valence-electron chi connectivity index (χ2n) is 12.2. The summed E-state index contributed by atoms with van der Waals surface area (Å²) >= 11 is 0. The van der Waals surface area contributed by atoms with E-state index in [1.165, 1.54) is 6.07 Å². The maximum atomic E-state index is 16.4. The van der Waals surface area contributed by atoms with Gasteiger partial charge in [0.05, 0.1) is 16.5 Å². The third-order valence-corrected chi connectivity index (χ3v) is 9.83. The molecule has 2 aromatic carbocycles. The third kappa shape index (κ3) is 3.70. The molecule has 5 fully saturated rings. The van der Waals surface area contributed by atoms with E-state index in [0.717, 1.165) is 51.6 Å². The molecule has 206 valence electrons. The van der Waals surface area contributed by atoms with Gasteiger partial charge >= 0.3 is 6.01 Å². The van der Waals surface area contributed by atoms with Crippen LogP contribution in [0.3, 0.4) is 0 Å². The van der Waals surface area contributed by atoms with Gasteiger partial charge in [0.2, 0.25) is 0 Å². The number of nitrogens with zero attached hydrogens (tertiary/aromatic N) is 4. The summed E-state index contributed by atoms with van der Waals surface area (Å²) in [6.45, 7) is 2.61. The lowest BCUT2D eigenvalue weighted by Gasteiger charge is -2.33. The molecule has 9 heteroatoms. The molecule has 0 unspecified atom stereocenters. The van der Waals surface area contributed by atoms with E-state index in [0.29, 0.717) is 46.5 Å². The number of aromatic nitrogens is 3. The summed E-state index contributed by atoms with van der Waals surface area (Å²) in [6, 6.07) is 10.2. The molecule has 7 nitrogen and oxygen atoms in total. The zero-order valence-corrected chi connectivity index (χ0v) is 22.2. The smallest absolute Gasteiger partial charge is 0.319 e. The largest absolute Gasteiger partial charge is 0.461 e. The topological polar surface area (TPSA) is 83.4 Å². The lowest BCUT2D eigenvalue weighted by Crippen LogP contribution is -2.43. The van der Waals surface area contributed by atoms with Crippen molar-refractivity contribution in [2.45, 2.75) is 62.1 Å². The van der Waals surface area contributed by atoms with Crippen molar-refractivity contribution in [1.82, 2.24) is 19.9 Å². The van der Waals surface area contributed by atoms with Crippen LogP contribution in [0.15, 0.2) is 42.6 Å². The lowest BCUT2D eigenvalue weighted by atomic mass is 9.80. The van der Waals surface area contributed by atoms with E-state index < -0.39 is 17.2 Å². The van der Waals surface area contributed by atoms with Crippen LogP contribution in [0.5, 0.6) is 6.01 Å². The van der Waals surface area contributed by atoms with Gasteiger partial charge in [0.15, 0.2) is 5.82 Å². The Morgan fingerprint density at radius 2 is 1.80 bits per heavy atom. The zero-order valence-electron chi connectivity index (χ0n) is 22.2. The van der Waals surface area contributed by atoms with Crippen molar-refractivity contribution >= 4 is 27.5 Å². The number of benzene rings is 2. The van der Waals surface area contributed by atoms with Gasteiger partial charge < -0.3 is 15.2 Å². The molecule has 0 spiro atoms. The Morgan fingerprint density at radius 1 is 1.02 bits per heavy atom. The molecule has 0 radical (unpaired) electrons. The van der Waals surface area contributed by atoms with Gasteiger partial charge in [0, 0.05) is 23.2 Å². The number of fused-ring (bicyclic) bond motifs is 4. The number of hydrogen-bond acceptors (Lipinski definition) is 7. The maximum Gasteiger partial charge on any atom is 0.319 e. The highest BCUT2D eigenvalue weighted by molar-refractivity contribution is 5.99. The molecule has 2 N–H and O–H groups in total. The second kappa shape index (κ2) is 8.78. The molecule has 40 heavy (non-hydrogen) atoms. The molecular weight excluding hydrogens is 512 g/mol. The normalized spacial score (nSPS) is 26.8. The van der Waals surface area contributed by atoms with Gasteiger partial charge in [-0.2, -0.15) is 9.97 Å². The van der Waals surface area contributed by atoms with Crippen LogP contribution in [-0.2, 0) is 0 Å². The summed E-state index contributed by atoms with van der Waals surface area (Å²) in [5.74, 6) is -0.270. The van der Waals surface area contributed by atoms with Gasteiger partial charge in [-0.1, -0.05) is 30.3 Å². The number of ether oxygens (including phenoxy) is 1. The lowest BCUT2D eigenvalue weighted by molar-refractivity contribution is -0.0204. The van der Waals surface area contributed by atoms with E-state index in [4.69, 9.17) is 9.72 Å². The molecule has 0 amide bonds. The van der Waals surface area contributed by atoms with Crippen molar-refractivity contribution in [3.8, 4) is 17.3 Å². The monoisotopic (exact) mass is 543 g/mol. The first-order valence-electron chi connectivity index (χ1n) is 14.3. The number of rotatable bonds is 6. The van der Waals surface area contributed by atoms with E-state index in [1.54, 1.807) is 36.5 Å². The Hall–Kier alpha value is -3.43. The van der Waals surface area contributed by atoms with E-state index >= 15 is 4.39 Å². The fraction of sp³-hybridized carbons (Fsp3) is 0.452. The van der Waals surface area contributed by atoms with Crippen LogP contribution in [0, 0.1) is 17.6 Å². The Morgan fingerprint density at radius 3 is 2.55 bits per heavy atom. The van der Waals surface area contributed by atoms with Gasteiger partial charge in [-0.15, -0.1) is 0 Å². The molecule has 3 saturated carbocycles. The van der Waals surface area contributed by atoms with Gasteiger partial charge in [-0.05, 0) is 75.4 Å². The zero-order chi connectivity index (χ0) is 27.1. The van der Waals surface area contributed by atoms with Crippen molar-refractivity contribution in [3.63, 3.8) is 0 Å². The molecule has 3 aliphatic carbocycles. The van der Waals surface area contributed by atoms with Crippen molar-refractivity contribution in [2.24, 2.45) is 5.92 Å². The highest BCUT2D eigenvalue weighted by atomic mass is 19.1. The summed E-state index contributed by atoms with van der Waals surface area (Å²) in [7, 11) is 0. The molecular formula is C31H31F2N5O2. The average molecular weight is 544 g/mol. The number of pyridine rings is 1.